The van der Waals surface area contributed by atoms with Crippen LogP contribution in [0.1, 0.15) is 5.69 Å². The standard InChI is InChI=1S/C5H7ClIN3.ClH/c1-10-5(6)4(7)3(2-8)9-10;/h2,8H2,1H3;1H. The lowest BCUT2D eigenvalue weighted by Crippen LogP contribution is -1.99. The molecule has 0 spiro atoms. The molecule has 1 rings (SSSR count). The van der Waals surface area contributed by atoms with Crippen LogP contribution in [0.5, 0.6) is 0 Å². The van der Waals surface area contributed by atoms with E-state index < -0.39 is 0 Å². The highest BCUT2D eigenvalue weighted by Gasteiger charge is 2.08. The SMILES string of the molecule is Cl.Cn1nc(CN)c(I)c1Cl. The summed E-state index contributed by atoms with van der Waals surface area (Å²) in [4.78, 5) is 0. The third kappa shape index (κ3) is 2.21. The summed E-state index contributed by atoms with van der Waals surface area (Å²) in [5, 5.41) is 4.73. The minimum Gasteiger partial charge on any atom is -0.325 e. The van der Waals surface area contributed by atoms with E-state index in [0.717, 1.165) is 9.26 Å². The summed E-state index contributed by atoms with van der Waals surface area (Å²) in [6.45, 7) is 0.443. The zero-order chi connectivity index (χ0) is 7.72. The Balaban J connectivity index is 0.000001000. The Bertz CT molecular complexity index is 248. The molecule has 1 aromatic heterocycles. The minimum atomic E-state index is 0. The van der Waals surface area contributed by atoms with Crippen LogP contribution in [-0.4, -0.2) is 9.78 Å². The number of hydrogen-bond donors (Lipinski definition) is 1. The molecule has 6 heteroatoms. The van der Waals surface area contributed by atoms with Crippen molar-refractivity contribution in [2.24, 2.45) is 12.8 Å². The number of nitrogens with zero attached hydrogens (tertiary/aromatic N) is 2. The lowest BCUT2D eigenvalue weighted by Gasteiger charge is -1.86. The van der Waals surface area contributed by atoms with E-state index >= 15 is 0 Å². The van der Waals surface area contributed by atoms with Gasteiger partial charge in [0.1, 0.15) is 5.15 Å². The first-order valence-corrected chi connectivity index (χ1v) is 4.19. The van der Waals surface area contributed by atoms with Crippen molar-refractivity contribution in [3.05, 3.63) is 14.4 Å². The summed E-state index contributed by atoms with van der Waals surface area (Å²) < 4.78 is 2.56. The summed E-state index contributed by atoms with van der Waals surface area (Å²) >= 11 is 7.95. The first-order valence-electron chi connectivity index (χ1n) is 2.73. The molecule has 0 aliphatic heterocycles. The molecule has 0 aliphatic rings. The molecule has 0 saturated carbocycles. The fraction of sp³-hybridized carbons (Fsp3) is 0.400. The maximum atomic E-state index is 5.81. The summed E-state index contributed by atoms with van der Waals surface area (Å²) in [5.74, 6) is 0. The fourth-order valence-corrected chi connectivity index (χ4v) is 1.48. The molecule has 11 heavy (non-hydrogen) atoms. The second kappa shape index (κ2) is 4.49. The Morgan fingerprint density at radius 3 is 2.45 bits per heavy atom. The molecule has 0 unspecified atom stereocenters. The maximum absolute atomic E-state index is 5.81. The van der Waals surface area contributed by atoms with Crippen molar-refractivity contribution >= 4 is 46.6 Å². The first-order chi connectivity index (χ1) is 4.66. The zero-order valence-electron chi connectivity index (χ0n) is 5.84. The van der Waals surface area contributed by atoms with Gasteiger partial charge in [0.2, 0.25) is 0 Å². The molecule has 1 aromatic rings. The summed E-state index contributed by atoms with van der Waals surface area (Å²) in [7, 11) is 1.80. The maximum Gasteiger partial charge on any atom is 0.140 e. The third-order valence-corrected chi connectivity index (χ3v) is 3.07. The van der Waals surface area contributed by atoms with Crippen LogP contribution in [0.3, 0.4) is 0 Å². The van der Waals surface area contributed by atoms with Crippen LogP contribution in [0.25, 0.3) is 0 Å². The van der Waals surface area contributed by atoms with E-state index in [9.17, 15) is 0 Å². The number of aryl methyl sites for hydroxylation is 1. The van der Waals surface area contributed by atoms with Crippen LogP contribution in [0, 0.1) is 3.57 Å². The zero-order valence-corrected chi connectivity index (χ0v) is 9.57. The van der Waals surface area contributed by atoms with E-state index in [0.29, 0.717) is 11.7 Å². The van der Waals surface area contributed by atoms with Crippen LogP contribution in [0.4, 0.5) is 0 Å². The molecule has 1 heterocycles. The number of halogens is 3. The molecular formula is C5H8Cl2IN3. The minimum absolute atomic E-state index is 0. The predicted octanol–water partition coefficient (Wildman–Crippen LogP) is 1.56. The smallest absolute Gasteiger partial charge is 0.140 e. The monoisotopic (exact) mass is 307 g/mol. The third-order valence-electron chi connectivity index (χ3n) is 1.18. The van der Waals surface area contributed by atoms with Gasteiger partial charge in [-0.25, -0.2) is 0 Å². The quantitative estimate of drug-likeness (QED) is 0.800. The van der Waals surface area contributed by atoms with Crippen LogP contribution < -0.4 is 5.73 Å². The highest BCUT2D eigenvalue weighted by molar-refractivity contribution is 14.1. The van der Waals surface area contributed by atoms with E-state index in [2.05, 4.69) is 27.7 Å². The highest BCUT2D eigenvalue weighted by Crippen LogP contribution is 2.20. The van der Waals surface area contributed by atoms with Crippen molar-refractivity contribution in [1.29, 1.82) is 0 Å². The van der Waals surface area contributed by atoms with E-state index in [1.165, 1.54) is 0 Å². The molecule has 0 fully saturated rings. The average molecular weight is 308 g/mol. The Labute approximate surface area is 89.8 Å². The molecule has 2 N–H and O–H groups in total. The van der Waals surface area contributed by atoms with Gasteiger partial charge in [0.15, 0.2) is 0 Å². The van der Waals surface area contributed by atoms with Gasteiger partial charge in [-0.15, -0.1) is 12.4 Å². The van der Waals surface area contributed by atoms with Gasteiger partial charge in [-0.3, -0.25) is 4.68 Å². The Morgan fingerprint density at radius 1 is 1.73 bits per heavy atom. The van der Waals surface area contributed by atoms with Crippen LogP contribution in [0.2, 0.25) is 5.15 Å². The molecule has 0 aromatic carbocycles. The summed E-state index contributed by atoms with van der Waals surface area (Å²) in [6, 6.07) is 0. The van der Waals surface area contributed by atoms with Crippen molar-refractivity contribution < 1.29 is 0 Å². The van der Waals surface area contributed by atoms with Gasteiger partial charge < -0.3 is 5.73 Å². The van der Waals surface area contributed by atoms with Gasteiger partial charge in [-0.05, 0) is 22.6 Å². The fourth-order valence-electron chi connectivity index (χ4n) is 0.660. The Hall–Kier alpha value is 0.480. The second-order valence-electron chi connectivity index (χ2n) is 1.88. The number of hydrogen-bond acceptors (Lipinski definition) is 2. The molecule has 0 saturated heterocycles. The lowest BCUT2D eigenvalue weighted by molar-refractivity contribution is 0.743. The molecule has 0 aliphatic carbocycles. The predicted molar refractivity (Wildman–Crippen MR) is 56.1 cm³/mol. The van der Waals surface area contributed by atoms with Crippen LogP contribution in [-0.2, 0) is 13.6 Å². The van der Waals surface area contributed by atoms with Crippen LogP contribution in [0.15, 0.2) is 0 Å². The van der Waals surface area contributed by atoms with Crippen molar-refractivity contribution in [3.63, 3.8) is 0 Å². The van der Waals surface area contributed by atoms with Crippen molar-refractivity contribution in [2.75, 3.05) is 0 Å². The summed E-state index contributed by atoms with van der Waals surface area (Å²) in [5.41, 5.74) is 6.25. The Kier molecular flexibility index (Phi) is 4.69. The second-order valence-corrected chi connectivity index (χ2v) is 3.32. The molecule has 0 radical (unpaired) electrons. The van der Waals surface area contributed by atoms with Gasteiger partial charge in [0.05, 0.1) is 9.26 Å². The van der Waals surface area contributed by atoms with Gasteiger partial charge in [-0.2, -0.15) is 5.10 Å². The number of nitrogens with two attached hydrogens (primary N) is 1. The summed E-state index contributed by atoms with van der Waals surface area (Å²) in [6.07, 6.45) is 0. The molecule has 0 atom stereocenters. The molecular weight excluding hydrogens is 300 g/mol. The largest absolute Gasteiger partial charge is 0.325 e. The van der Waals surface area contributed by atoms with Gasteiger partial charge in [0, 0.05) is 13.6 Å². The molecule has 0 bridgehead atoms. The average Bonchev–Trinajstić information content (AvgIpc) is 2.17. The molecule has 0 amide bonds. The highest BCUT2D eigenvalue weighted by atomic mass is 127. The molecule has 3 nitrogen and oxygen atoms in total. The first kappa shape index (κ1) is 11.5. The normalized spacial score (nSPS) is 9.45. The van der Waals surface area contributed by atoms with E-state index in [1.54, 1.807) is 11.7 Å². The van der Waals surface area contributed by atoms with Crippen LogP contribution >= 0.6 is 46.6 Å². The molecule has 64 valence electrons. The lowest BCUT2D eigenvalue weighted by atomic mass is 10.4. The number of rotatable bonds is 1. The van der Waals surface area contributed by atoms with Crippen molar-refractivity contribution in [1.82, 2.24) is 9.78 Å². The van der Waals surface area contributed by atoms with Gasteiger partial charge >= 0.3 is 0 Å². The van der Waals surface area contributed by atoms with Gasteiger partial charge in [-0.1, -0.05) is 11.6 Å². The van der Waals surface area contributed by atoms with E-state index in [4.69, 9.17) is 17.3 Å². The van der Waals surface area contributed by atoms with Crippen molar-refractivity contribution in [3.8, 4) is 0 Å². The number of aromatic nitrogens is 2. The topological polar surface area (TPSA) is 43.8 Å². The Morgan fingerprint density at radius 2 is 2.27 bits per heavy atom. The van der Waals surface area contributed by atoms with E-state index in [1.807, 2.05) is 0 Å². The van der Waals surface area contributed by atoms with Gasteiger partial charge in [0.25, 0.3) is 0 Å². The van der Waals surface area contributed by atoms with E-state index in [-0.39, 0.29) is 12.4 Å². The van der Waals surface area contributed by atoms with Crippen molar-refractivity contribution in [2.45, 2.75) is 6.54 Å².